The summed E-state index contributed by atoms with van der Waals surface area (Å²) in [4.78, 5) is 16.2. The normalized spacial score (nSPS) is 12.3. The van der Waals surface area contributed by atoms with Crippen LogP contribution in [0.3, 0.4) is 0 Å². The van der Waals surface area contributed by atoms with Crippen molar-refractivity contribution in [1.29, 1.82) is 0 Å². The minimum absolute atomic E-state index is 0.0673. The van der Waals surface area contributed by atoms with Crippen molar-refractivity contribution >= 4 is 11.7 Å². The van der Waals surface area contributed by atoms with Crippen LogP contribution < -0.4 is 11.1 Å². The average molecular weight is 278 g/mol. The zero-order valence-electron chi connectivity index (χ0n) is 12.9. The highest BCUT2D eigenvalue weighted by Gasteiger charge is 2.18. The highest BCUT2D eigenvalue weighted by Crippen LogP contribution is 2.11. The lowest BCUT2D eigenvalue weighted by atomic mass is 10.2. The molecule has 0 aliphatic heterocycles. The van der Waals surface area contributed by atoms with Gasteiger partial charge in [0, 0.05) is 31.4 Å². The summed E-state index contributed by atoms with van der Waals surface area (Å²) in [5, 5.41) is 2.93. The number of benzene rings is 1. The molecule has 1 unspecified atom stereocenters. The van der Waals surface area contributed by atoms with Crippen molar-refractivity contribution in [1.82, 2.24) is 9.80 Å². The molecule has 0 aliphatic rings. The van der Waals surface area contributed by atoms with Crippen LogP contribution in [0.1, 0.15) is 19.4 Å². The van der Waals surface area contributed by atoms with Gasteiger partial charge in [0.05, 0.1) is 0 Å². The molecule has 1 atom stereocenters. The third-order valence-corrected chi connectivity index (χ3v) is 3.20. The molecule has 1 aromatic carbocycles. The predicted octanol–water partition coefficient (Wildman–Crippen LogP) is 1.95. The summed E-state index contributed by atoms with van der Waals surface area (Å²) >= 11 is 0. The van der Waals surface area contributed by atoms with E-state index >= 15 is 0 Å². The Bertz CT molecular complexity index is 416. The Hall–Kier alpha value is -1.59. The van der Waals surface area contributed by atoms with Gasteiger partial charge in [0.15, 0.2) is 0 Å². The van der Waals surface area contributed by atoms with Gasteiger partial charge in [-0.3, -0.25) is 0 Å². The van der Waals surface area contributed by atoms with E-state index in [2.05, 4.69) is 17.1 Å². The fourth-order valence-electron chi connectivity index (χ4n) is 2.20. The molecule has 0 spiro atoms. The number of urea groups is 1. The minimum atomic E-state index is -0.0673. The van der Waals surface area contributed by atoms with Crippen molar-refractivity contribution in [2.75, 3.05) is 32.5 Å². The second-order valence-electron chi connectivity index (χ2n) is 5.23. The topological polar surface area (TPSA) is 61.6 Å². The molecule has 2 amide bonds. The van der Waals surface area contributed by atoms with Gasteiger partial charge in [0.2, 0.25) is 0 Å². The Balaban J connectivity index is 2.66. The van der Waals surface area contributed by atoms with Crippen LogP contribution in [0, 0.1) is 0 Å². The van der Waals surface area contributed by atoms with Gasteiger partial charge in [-0.2, -0.15) is 0 Å². The van der Waals surface area contributed by atoms with Crippen molar-refractivity contribution in [2.24, 2.45) is 5.73 Å². The van der Waals surface area contributed by atoms with Crippen LogP contribution in [0.15, 0.2) is 24.3 Å². The van der Waals surface area contributed by atoms with E-state index in [-0.39, 0.29) is 12.1 Å². The molecular weight excluding hydrogens is 252 g/mol. The molecule has 0 aliphatic carbocycles. The average Bonchev–Trinajstić information content (AvgIpc) is 2.39. The number of rotatable bonds is 6. The summed E-state index contributed by atoms with van der Waals surface area (Å²) in [6.07, 6.45) is 0. The van der Waals surface area contributed by atoms with E-state index in [0.29, 0.717) is 13.1 Å². The molecule has 0 saturated carbocycles. The predicted molar refractivity (Wildman–Crippen MR) is 83.7 cm³/mol. The van der Waals surface area contributed by atoms with Crippen LogP contribution in [0.25, 0.3) is 0 Å². The minimum Gasteiger partial charge on any atom is -0.326 e. The maximum atomic E-state index is 12.3. The monoisotopic (exact) mass is 278 g/mol. The summed E-state index contributed by atoms with van der Waals surface area (Å²) in [6, 6.07) is 7.71. The van der Waals surface area contributed by atoms with E-state index in [4.69, 9.17) is 5.73 Å². The largest absolute Gasteiger partial charge is 0.326 e. The van der Waals surface area contributed by atoms with Gasteiger partial charge in [0.25, 0.3) is 0 Å². The lowest BCUT2D eigenvalue weighted by Crippen LogP contribution is -2.45. The van der Waals surface area contributed by atoms with Crippen LogP contribution in [-0.4, -0.2) is 49.1 Å². The molecular formula is C15H26N4O. The summed E-state index contributed by atoms with van der Waals surface area (Å²) in [7, 11) is 4.02. The van der Waals surface area contributed by atoms with Gasteiger partial charge in [-0.25, -0.2) is 4.79 Å². The second kappa shape index (κ2) is 7.87. The number of amides is 2. The Morgan fingerprint density at radius 1 is 1.30 bits per heavy atom. The van der Waals surface area contributed by atoms with Crippen LogP contribution in [-0.2, 0) is 6.54 Å². The van der Waals surface area contributed by atoms with Gasteiger partial charge in [-0.1, -0.05) is 12.1 Å². The number of anilines is 1. The molecule has 0 radical (unpaired) electrons. The number of hydrogen-bond donors (Lipinski definition) is 2. The second-order valence-corrected chi connectivity index (χ2v) is 5.23. The molecule has 112 valence electrons. The molecule has 0 fully saturated rings. The van der Waals surface area contributed by atoms with Crippen molar-refractivity contribution < 1.29 is 4.79 Å². The number of nitrogens with two attached hydrogens (primary N) is 1. The maximum Gasteiger partial charge on any atom is 0.322 e. The SMILES string of the molecule is CCN(C(=O)Nc1ccc(CN)cc1)C(C)CN(C)C. The Morgan fingerprint density at radius 2 is 1.90 bits per heavy atom. The molecule has 0 bridgehead atoms. The highest BCUT2D eigenvalue weighted by molar-refractivity contribution is 5.89. The van der Waals surface area contributed by atoms with Gasteiger partial charge >= 0.3 is 6.03 Å². The quantitative estimate of drug-likeness (QED) is 0.836. The van der Waals surface area contributed by atoms with Crippen molar-refractivity contribution in [3.63, 3.8) is 0 Å². The smallest absolute Gasteiger partial charge is 0.322 e. The van der Waals surface area contributed by atoms with Gasteiger partial charge in [-0.15, -0.1) is 0 Å². The zero-order valence-corrected chi connectivity index (χ0v) is 12.9. The fraction of sp³-hybridized carbons (Fsp3) is 0.533. The van der Waals surface area contributed by atoms with Crippen molar-refractivity contribution in [3.8, 4) is 0 Å². The summed E-state index contributed by atoms with van der Waals surface area (Å²) in [5.41, 5.74) is 7.40. The summed E-state index contributed by atoms with van der Waals surface area (Å²) in [6.45, 7) is 6.08. The highest BCUT2D eigenvalue weighted by atomic mass is 16.2. The van der Waals surface area contributed by atoms with E-state index in [1.807, 2.05) is 50.2 Å². The van der Waals surface area contributed by atoms with Crippen LogP contribution >= 0.6 is 0 Å². The van der Waals surface area contributed by atoms with Crippen LogP contribution in [0.2, 0.25) is 0 Å². The molecule has 0 saturated heterocycles. The van der Waals surface area contributed by atoms with E-state index < -0.39 is 0 Å². The first kappa shape index (κ1) is 16.5. The van der Waals surface area contributed by atoms with Gasteiger partial charge in [-0.05, 0) is 45.6 Å². The van der Waals surface area contributed by atoms with Crippen molar-refractivity contribution in [2.45, 2.75) is 26.4 Å². The first-order chi connectivity index (χ1) is 9.47. The number of hydrogen-bond acceptors (Lipinski definition) is 3. The van der Waals surface area contributed by atoms with Crippen LogP contribution in [0.5, 0.6) is 0 Å². The molecule has 1 aromatic rings. The first-order valence-electron chi connectivity index (χ1n) is 6.99. The Labute approximate surface area is 121 Å². The molecule has 3 N–H and O–H groups in total. The fourth-order valence-corrected chi connectivity index (χ4v) is 2.20. The number of carbonyl (C=O) groups excluding carboxylic acids is 1. The lowest BCUT2D eigenvalue weighted by Gasteiger charge is -2.30. The van der Waals surface area contributed by atoms with Crippen LogP contribution in [0.4, 0.5) is 10.5 Å². The number of nitrogens with one attached hydrogen (secondary N) is 1. The third kappa shape index (κ3) is 4.83. The molecule has 1 rings (SSSR count). The molecule has 0 aromatic heterocycles. The van der Waals surface area contributed by atoms with Crippen molar-refractivity contribution in [3.05, 3.63) is 29.8 Å². The molecule has 20 heavy (non-hydrogen) atoms. The zero-order chi connectivity index (χ0) is 15.1. The molecule has 0 heterocycles. The lowest BCUT2D eigenvalue weighted by molar-refractivity contribution is 0.181. The Kier molecular flexibility index (Phi) is 6.48. The molecule has 5 nitrogen and oxygen atoms in total. The number of carbonyl (C=O) groups is 1. The molecule has 5 heteroatoms. The summed E-state index contributed by atoms with van der Waals surface area (Å²) in [5.74, 6) is 0. The first-order valence-corrected chi connectivity index (χ1v) is 6.99. The van der Waals surface area contributed by atoms with E-state index in [0.717, 1.165) is 17.8 Å². The maximum absolute atomic E-state index is 12.3. The number of nitrogens with zero attached hydrogens (tertiary/aromatic N) is 2. The van der Waals surface area contributed by atoms with Gasteiger partial charge < -0.3 is 20.9 Å². The van der Waals surface area contributed by atoms with Gasteiger partial charge in [0.1, 0.15) is 0 Å². The summed E-state index contributed by atoms with van der Waals surface area (Å²) < 4.78 is 0. The van der Waals surface area contributed by atoms with E-state index in [1.54, 1.807) is 0 Å². The Morgan fingerprint density at radius 3 is 2.35 bits per heavy atom. The van der Waals surface area contributed by atoms with E-state index in [1.165, 1.54) is 0 Å². The number of likely N-dealkylation sites (N-methyl/N-ethyl adjacent to an activating group) is 2. The third-order valence-electron chi connectivity index (χ3n) is 3.20. The standard InChI is InChI=1S/C15H26N4O/c1-5-19(12(2)11-18(3)4)15(20)17-14-8-6-13(10-16)7-9-14/h6-9,12H,5,10-11,16H2,1-4H3,(H,17,20). The van der Waals surface area contributed by atoms with E-state index in [9.17, 15) is 4.79 Å².